The number of rotatable bonds is 6. The summed E-state index contributed by atoms with van der Waals surface area (Å²) >= 11 is 1.26. The highest BCUT2D eigenvalue weighted by Gasteiger charge is 2.43. The molecule has 28 heavy (non-hydrogen) atoms. The Bertz CT molecular complexity index is 793. The van der Waals surface area contributed by atoms with Gasteiger partial charge in [-0.05, 0) is 55.7 Å². The quantitative estimate of drug-likeness (QED) is 0.745. The van der Waals surface area contributed by atoms with Crippen LogP contribution in [0.3, 0.4) is 0 Å². The average Bonchev–Trinajstić information content (AvgIpc) is 3.35. The zero-order chi connectivity index (χ0) is 19.4. The predicted octanol–water partition coefficient (Wildman–Crippen LogP) is 3.66. The summed E-state index contributed by atoms with van der Waals surface area (Å²) in [5.41, 5.74) is 2.56. The summed E-state index contributed by atoms with van der Waals surface area (Å²) < 4.78 is 4.04. The molecule has 0 radical (unpaired) electrons. The maximum atomic E-state index is 13.1. The number of piperidine rings is 1. The Kier molecular flexibility index (Phi) is 6.07. The molecule has 0 bridgehead atoms. The first-order chi connectivity index (χ1) is 13.7. The molecule has 1 aromatic heterocycles. The Labute approximate surface area is 171 Å². The van der Waals surface area contributed by atoms with Crippen LogP contribution in [0.25, 0.3) is 0 Å². The van der Waals surface area contributed by atoms with Gasteiger partial charge >= 0.3 is 0 Å². The highest BCUT2D eigenvalue weighted by molar-refractivity contribution is 7.08. The molecule has 1 aromatic carbocycles. The second kappa shape index (κ2) is 8.70. The second-order valence-corrected chi connectivity index (χ2v) is 9.14. The summed E-state index contributed by atoms with van der Waals surface area (Å²) in [6.45, 7) is 7.28. The summed E-state index contributed by atoms with van der Waals surface area (Å²) in [7, 11) is 0. The zero-order valence-corrected chi connectivity index (χ0v) is 17.6. The summed E-state index contributed by atoms with van der Waals surface area (Å²) in [5.74, 6) is 0.150. The summed E-state index contributed by atoms with van der Waals surface area (Å²) in [6, 6.07) is 10.7. The Hall–Kier alpha value is -1.79. The second-order valence-electron chi connectivity index (χ2n) is 8.39. The van der Waals surface area contributed by atoms with E-state index in [1.165, 1.54) is 36.5 Å². The van der Waals surface area contributed by atoms with E-state index in [4.69, 9.17) is 0 Å². The van der Waals surface area contributed by atoms with Crippen LogP contribution in [-0.4, -0.2) is 58.0 Å². The maximum Gasteiger partial charge on any atom is 0.267 e. The largest absolute Gasteiger partial charge is 0.337 e. The van der Waals surface area contributed by atoms with Gasteiger partial charge in [-0.25, -0.2) is 0 Å². The molecular formula is C22H30N4OS. The molecule has 2 aromatic rings. The fourth-order valence-electron chi connectivity index (χ4n) is 4.79. The molecule has 0 N–H and O–H groups in total. The molecule has 1 amide bonds. The molecular weight excluding hydrogens is 368 g/mol. The van der Waals surface area contributed by atoms with Gasteiger partial charge in [-0.3, -0.25) is 4.79 Å². The first kappa shape index (κ1) is 19.5. The lowest BCUT2D eigenvalue weighted by atomic mass is 9.79. The van der Waals surface area contributed by atoms with Crippen molar-refractivity contribution in [2.45, 2.75) is 45.4 Å². The standard InChI is InChI=1S/C22H30N4OS/c1-2-7-19-20(28-24-23-19)21(27)26-15-12-22(17-26)11-6-13-25(16-22)14-10-18-8-4-3-5-9-18/h3-5,8-9H,2,6-7,10-17H2,1H3/t22-/m1/s1. The highest BCUT2D eigenvalue weighted by atomic mass is 32.1. The number of benzene rings is 1. The van der Waals surface area contributed by atoms with Crippen LogP contribution in [-0.2, 0) is 12.8 Å². The van der Waals surface area contributed by atoms with Crippen molar-refractivity contribution in [3.63, 3.8) is 0 Å². The number of amides is 1. The fraction of sp³-hybridized carbons (Fsp3) is 0.591. The molecule has 2 fully saturated rings. The molecule has 1 atom stereocenters. The average molecular weight is 399 g/mol. The van der Waals surface area contributed by atoms with Crippen LogP contribution in [0, 0.1) is 5.41 Å². The lowest BCUT2D eigenvalue weighted by Gasteiger charge is -2.40. The molecule has 5 nitrogen and oxygen atoms in total. The normalized spacial score (nSPS) is 22.8. The topological polar surface area (TPSA) is 49.3 Å². The molecule has 2 aliphatic rings. The Balaban J connectivity index is 1.36. The van der Waals surface area contributed by atoms with Gasteiger partial charge in [-0.2, -0.15) is 0 Å². The Morgan fingerprint density at radius 3 is 2.82 bits per heavy atom. The SMILES string of the molecule is CCCc1nnsc1C(=O)N1CC[C@@]2(CCCN(CCc3ccccc3)C2)C1. The van der Waals surface area contributed by atoms with E-state index in [1.807, 2.05) is 0 Å². The lowest BCUT2D eigenvalue weighted by Crippen LogP contribution is -2.46. The van der Waals surface area contributed by atoms with E-state index in [2.05, 4.69) is 56.6 Å². The number of nitrogens with zero attached hydrogens (tertiary/aromatic N) is 4. The van der Waals surface area contributed by atoms with Crippen molar-refractivity contribution >= 4 is 17.4 Å². The van der Waals surface area contributed by atoms with Crippen LogP contribution in [0.1, 0.15) is 53.5 Å². The van der Waals surface area contributed by atoms with E-state index >= 15 is 0 Å². The van der Waals surface area contributed by atoms with Crippen LogP contribution in [0.15, 0.2) is 30.3 Å². The fourth-order valence-corrected chi connectivity index (χ4v) is 5.47. The number of hydrogen-bond donors (Lipinski definition) is 0. The molecule has 0 saturated carbocycles. The van der Waals surface area contributed by atoms with Gasteiger partial charge < -0.3 is 9.80 Å². The van der Waals surface area contributed by atoms with E-state index in [1.54, 1.807) is 0 Å². The molecule has 2 aliphatic heterocycles. The van der Waals surface area contributed by atoms with Crippen LogP contribution >= 0.6 is 11.5 Å². The van der Waals surface area contributed by atoms with Gasteiger partial charge in [0.05, 0.1) is 5.69 Å². The molecule has 2 saturated heterocycles. The summed E-state index contributed by atoms with van der Waals surface area (Å²) in [4.78, 5) is 18.5. The van der Waals surface area contributed by atoms with Gasteiger partial charge in [0.15, 0.2) is 0 Å². The smallest absolute Gasteiger partial charge is 0.267 e. The number of hydrogen-bond acceptors (Lipinski definition) is 5. The monoisotopic (exact) mass is 398 g/mol. The minimum Gasteiger partial charge on any atom is -0.337 e. The minimum atomic E-state index is 0.150. The minimum absolute atomic E-state index is 0.150. The van der Waals surface area contributed by atoms with Crippen molar-refractivity contribution in [3.8, 4) is 0 Å². The highest BCUT2D eigenvalue weighted by Crippen LogP contribution is 2.39. The van der Waals surface area contributed by atoms with Gasteiger partial charge in [-0.1, -0.05) is 48.2 Å². The van der Waals surface area contributed by atoms with Crippen molar-refractivity contribution in [2.75, 3.05) is 32.7 Å². The van der Waals surface area contributed by atoms with Crippen molar-refractivity contribution in [3.05, 3.63) is 46.5 Å². The first-order valence-electron chi connectivity index (χ1n) is 10.6. The molecule has 4 rings (SSSR count). The van der Waals surface area contributed by atoms with Crippen LogP contribution in [0.4, 0.5) is 0 Å². The van der Waals surface area contributed by atoms with E-state index < -0.39 is 0 Å². The number of carbonyl (C=O) groups is 1. The van der Waals surface area contributed by atoms with Gasteiger partial charge in [0.1, 0.15) is 4.88 Å². The van der Waals surface area contributed by atoms with Gasteiger partial charge in [-0.15, -0.1) is 5.10 Å². The lowest BCUT2D eigenvalue weighted by molar-refractivity contribution is 0.0695. The Morgan fingerprint density at radius 1 is 1.14 bits per heavy atom. The van der Waals surface area contributed by atoms with E-state index in [-0.39, 0.29) is 11.3 Å². The molecule has 3 heterocycles. The summed E-state index contributed by atoms with van der Waals surface area (Å²) in [5, 5.41) is 4.18. The molecule has 0 unspecified atom stereocenters. The molecule has 1 spiro atoms. The van der Waals surface area contributed by atoms with Crippen molar-refractivity contribution < 1.29 is 4.79 Å². The van der Waals surface area contributed by atoms with Gasteiger partial charge in [0.2, 0.25) is 0 Å². The molecule has 6 heteroatoms. The number of likely N-dealkylation sites (tertiary alicyclic amines) is 2. The maximum absolute atomic E-state index is 13.1. The number of carbonyl (C=O) groups excluding carboxylic acids is 1. The third-order valence-electron chi connectivity index (χ3n) is 6.26. The van der Waals surface area contributed by atoms with Crippen LogP contribution in [0.5, 0.6) is 0 Å². The van der Waals surface area contributed by atoms with Gasteiger partial charge in [0.25, 0.3) is 5.91 Å². The van der Waals surface area contributed by atoms with Crippen molar-refractivity contribution in [1.29, 1.82) is 0 Å². The first-order valence-corrected chi connectivity index (χ1v) is 11.3. The molecule has 150 valence electrons. The van der Waals surface area contributed by atoms with Gasteiger partial charge in [0, 0.05) is 31.6 Å². The third-order valence-corrected chi connectivity index (χ3v) is 7.02. The van der Waals surface area contributed by atoms with Crippen LogP contribution < -0.4 is 0 Å². The predicted molar refractivity (Wildman–Crippen MR) is 113 cm³/mol. The van der Waals surface area contributed by atoms with Crippen LogP contribution in [0.2, 0.25) is 0 Å². The van der Waals surface area contributed by atoms with E-state index in [9.17, 15) is 4.79 Å². The summed E-state index contributed by atoms with van der Waals surface area (Å²) in [6.07, 6.45) is 6.53. The number of aromatic nitrogens is 2. The molecule has 0 aliphatic carbocycles. The van der Waals surface area contributed by atoms with Crippen molar-refractivity contribution in [2.24, 2.45) is 5.41 Å². The Morgan fingerprint density at radius 2 is 2.00 bits per heavy atom. The third kappa shape index (κ3) is 4.28. The van der Waals surface area contributed by atoms with E-state index in [0.29, 0.717) is 0 Å². The van der Waals surface area contributed by atoms with E-state index in [0.717, 1.165) is 62.4 Å². The number of aryl methyl sites for hydroxylation is 1. The van der Waals surface area contributed by atoms with Crippen molar-refractivity contribution in [1.82, 2.24) is 19.4 Å². The zero-order valence-electron chi connectivity index (χ0n) is 16.8.